The van der Waals surface area contributed by atoms with E-state index in [1.807, 2.05) is 60.7 Å². The van der Waals surface area contributed by atoms with Crippen molar-refractivity contribution in [2.45, 2.75) is 6.16 Å². The van der Waals surface area contributed by atoms with Gasteiger partial charge in [-0.15, -0.1) is 0 Å². The summed E-state index contributed by atoms with van der Waals surface area (Å²) in [5.74, 6) is -0.874. The molecule has 0 bridgehead atoms. The fraction of sp³-hybridized carbons (Fsp3) is 0.0385. The number of hydrogen-bond donors (Lipinski definition) is 0. The zero-order valence-corrected chi connectivity index (χ0v) is 20.3. The van der Waals surface area contributed by atoms with Crippen LogP contribution in [0.4, 0.5) is 8.78 Å². The van der Waals surface area contributed by atoms with Gasteiger partial charge in [-0.05, 0) is 0 Å². The molecule has 2 heterocycles. The molecule has 1 nitrogen and oxygen atoms in total. The van der Waals surface area contributed by atoms with E-state index in [0.29, 0.717) is 16.6 Å². The van der Waals surface area contributed by atoms with Crippen LogP contribution in [0.3, 0.4) is 0 Å². The Morgan fingerprint density at radius 3 is 1.62 bits per heavy atom. The molecule has 0 unspecified atom stereocenters. The van der Waals surface area contributed by atoms with Crippen molar-refractivity contribution in [1.82, 2.24) is 4.98 Å². The SMILES string of the molecule is Fc1sc2ccc(CP(Br)(c3ccccc3)(c3ccccc3)c3ccccc3)nc2c1F. The number of fused-ring (bicyclic) bond motifs is 1. The molecule has 160 valence electrons. The summed E-state index contributed by atoms with van der Waals surface area (Å²) in [6, 6.07) is 34.7. The van der Waals surface area contributed by atoms with Crippen LogP contribution in [0.15, 0.2) is 103 Å². The molecule has 3 aromatic carbocycles. The third kappa shape index (κ3) is 3.31. The Hall–Kier alpha value is -2.46. The van der Waals surface area contributed by atoms with Crippen LogP contribution in [0, 0.1) is 10.9 Å². The number of pyridine rings is 1. The molecule has 6 heteroatoms. The van der Waals surface area contributed by atoms with Gasteiger partial charge in [0.05, 0.1) is 0 Å². The molecule has 5 rings (SSSR count). The number of nitrogens with zero attached hydrogens (tertiary/aromatic N) is 1. The Morgan fingerprint density at radius 2 is 1.16 bits per heavy atom. The first-order valence-corrected chi connectivity index (χ1v) is 15.4. The number of aromatic nitrogens is 1. The third-order valence-corrected chi connectivity index (χ3v) is 16.2. The van der Waals surface area contributed by atoms with E-state index in [-0.39, 0.29) is 5.52 Å². The van der Waals surface area contributed by atoms with Gasteiger partial charge in [-0.3, -0.25) is 0 Å². The molecule has 32 heavy (non-hydrogen) atoms. The van der Waals surface area contributed by atoms with Gasteiger partial charge in [-0.25, -0.2) is 0 Å². The number of rotatable bonds is 5. The second-order valence-electron chi connectivity index (χ2n) is 7.69. The van der Waals surface area contributed by atoms with E-state index in [9.17, 15) is 8.78 Å². The van der Waals surface area contributed by atoms with Crippen LogP contribution in [0.1, 0.15) is 5.69 Å². The Bertz CT molecular complexity index is 1290. The molecule has 0 saturated carbocycles. The van der Waals surface area contributed by atoms with E-state index in [2.05, 4.69) is 56.9 Å². The van der Waals surface area contributed by atoms with E-state index in [0.717, 1.165) is 27.3 Å². The van der Waals surface area contributed by atoms with Crippen LogP contribution in [-0.2, 0) is 6.16 Å². The molecule has 2 aromatic heterocycles. The molecule has 0 spiro atoms. The topological polar surface area (TPSA) is 12.9 Å². The van der Waals surface area contributed by atoms with Gasteiger partial charge in [0, 0.05) is 0 Å². The number of thiophene rings is 1. The summed E-state index contributed by atoms with van der Waals surface area (Å²) in [5.41, 5.74) is 0.803. The van der Waals surface area contributed by atoms with Crippen LogP contribution >= 0.6 is 32.1 Å². The maximum atomic E-state index is 14.4. The molecule has 5 aromatic rings. The maximum absolute atomic E-state index is 14.4. The van der Waals surface area contributed by atoms with Crippen LogP contribution in [0.2, 0.25) is 0 Å². The van der Waals surface area contributed by atoms with Gasteiger partial charge < -0.3 is 0 Å². The van der Waals surface area contributed by atoms with Crippen molar-refractivity contribution in [2.75, 3.05) is 0 Å². The number of hydrogen-bond acceptors (Lipinski definition) is 2. The summed E-state index contributed by atoms with van der Waals surface area (Å²) in [4.78, 5) is 4.60. The summed E-state index contributed by atoms with van der Waals surface area (Å²) in [7, 11) is 0. The van der Waals surface area contributed by atoms with Crippen LogP contribution in [0.5, 0.6) is 0 Å². The van der Waals surface area contributed by atoms with Gasteiger partial charge in [0.15, 0.2) is 0 Å². The van der Waals surface area contributed by atoms with Gasteiger partial charge in [-0.2, -0.15) is 0 Å². The normalized spacial score (nSPS) is 13.0. The zero-order valence-electron chi connectivity index (χ0n) is 17.0. The molecule has 0 aliphatic rings. The van der Waals surface area contributed by atoms with Crippen LogP contribution in [-0.4, -0.2) is 4.98 Å². The minimum atomic E-state index is -3.24. The quantitative estimate of drug-likeness (QED) is 0.227. The van der Waals surface area contributed by atoms with Crippen molar-refractivity contribution < 1.29 is 8.78 Å². The van der Waals surface area contributed by atoms with Crippen molar-refractivity contribution >= 4 is 58.3 Å². The van der Waals surface area contributed by atoms with E-state index >= 15 is 0 Å². The van der Waals surface area contributed by atoms with Gasteiger partial charge in [0.2, 0.25) is 0 Å². The second kappa shape index (κ2) is 8.15. The predicted octanol–water partition coefficient (Wildman–Crippen LogP) is 6.91. The molecule has 0 fully saturated rings. The Balaban J connectivity index is 1.83. The minimum absolute atomic E-state index is 0.0942. The fourth-order valence-corrected chi connectivity index (χ4v) is 12.5. The Kier molecular flexibility index (Phi) is 5.45. The van der Waals surface area contributed by atoms with Crippen LogP contribution in [0.25, 0.3) is 10.2 Å². The molecule has 0 amide bonds. The molecule has 0 saturated heterocycles. The predicted molar refractivity (Wildman–Crippen MR) is 137 cm³/mol. The summed E-state index contributed by atoms with van der Waals surface area (Å²) < 4.78 is 28.8. The fourth-order valence-electron chi connectivity index (χ4n) is 4.29. The van der Waals surface area contributed by atoms with Gasteiger partial charge in [0.1, 0.15) is 0 Å². The molecular weight excluding hydrogens is 507 g/mol. The first-order valence-electron chi connectivity index (χ1n) is 10.1. The van der Waals surface area contributed by atoms with E-state index in [1.165, 1.54) is 0 Å². The summed E-state index contributed by atoms with van der Waals surface area (Å²) >= 11 is 5.16. The summed E-state index contributed by atoms with van der Waals surface area (Å²) in [6.45, 7) is 0. The zero-order chi connectivity index (χ0) is 22.2. The first-order chi connectivity index (χ1) is 15.5. The molecular formula is C26H19BrF2NPS. The molecule has 0 N–H and O–H groups in total. The average Bonchev–Trinajstić information content (AvgIpc) is 3.14. The molecule has 0 aliphatic heterocycles. The second-order valence-corrected chi connectivity index (χ2v) is 17.6. The molecule has 0 aliphatic carbocycles. The third-order valence-electron chi connectivity index (χ3n) is 5.84. The monoisotopic (exact) mass is 525 g/mol. The van der Waals surface area contributed by atoms with Gasteiger partial charge in [-0.1, -0.05) is 0 Å². The average molecular weight is 526 g/mol. The van der Waals surface area contributed by atoms with Crippen LogP contribution < -0.4 is 15.9 Å². The van der Waals surface area contributed by atoms with E-state index < -0.39 is 16.3 Å². The summed E-state index contributed by atoms with van der Waals surface area (Å²) in [5, 5.41) is -0.625. The van der Waals surface area contributed by atoms with Crippen molar-refractivity contribution in [3.8, 4) is 0 Å². The van der Waals surface area contributed by atoms with Gasteiger partial charge >= 0.3 is 198 Å². The molecule has 0 atom stereocenters. The van der Waals surface area contributed by atoms with Crippen molar-refractivity contribution in [3.05, 3.63) is 120 Å². The standard InChI is InChI=1S/C26H19BrF2NPS/c27-31(20-10-4-1-5-11-20,21-12-6-2-7-13-21,22-14-8-3-9-15-22)18-19-16-17-23-25(30-19)24(28)26(29)32-23/h1-17H,18H2. The van der Waals surface area contributed by atoms with Crippen molar-refractivity contribution in [3.63, 3.8) is 0 Å². The number of benzene rings is 3. The van der Waals surface area contributed by atoms with E-state index in [1.54, 1.807) is 6.07 Å². The van der Waals surface area contributed by atoms with Gasteiger partial charge in [0.25, 0.3) is 0 Å². The van der Waals surface area contributed by atoms with E-state index in [4.69, 9.17) is 0 Å². The van der Waals surface area contributed by atoms with Crippen molar-refractivity contribution in [1.29, 1.82) is 0 Å². The molecule has 0 radical (unpaired) electrons. The number of halogens is 3. The Morgan fingerprint density at radius 1 is 0.688 bits per heavy atom. The first kappa shape index (κ1) is 21.4. The van der Waals surface area contributed by atoms with Crippen molar-refractivity contribution in [2.24, 2.45) is 0 Å². The Labute approximate surface area is 197 Å². The summed E-state index contributed by atoms with van der Waals surface area (Å²) in [6.07, 6.45) is 0.524.